The van der Waals surface area contributed by atoms with Gasteiger partial charge in [-0.3, -0.25) is 9.47 Å². The molecule has 11 heteroatoms. The first-order valence-electron chi connectivity index (χ1n) is 8.49. The van der Waals surface area contributed by atoms with Crippen LogP contribution < -0.4 is 4.90 Å². The van der Waals surface area contributed by atoms with E-state index in [2.05, 4.69) is 20.2 Å². The molecule has 0 amide bonds. The fourth-order valence-corrected chi connectivity index (χ4v) is 4.22. The zero-order valence-corrected chi connectivity index (χ0v) is 15.6. The summed E-state index contributed by atoms with van der Waals surface area (Å²) in [5.41, 5.74) is 0.802. The van der Waals surface area contributed by atoms with E-state index in [9.17, 15) is 13.2 Å². The van der Waals surface area contributed by atoms with Gasteiger partial charge >= 0.3 is 6.18 Å². The van der Waals surface area contributed by atoms with E-state index < -0.39 is 12.7 Å². The van der Waals surface area contributed by atoms with Gasteiger partial charge in [-0.05, 0) is 19.1 Å². The second-order valence-electron chi connectivity index (χ2n) is 6.61. The molecule has 0 saturated carbocycles. The maximum absolute atomic E-state index is 12.7. The summed E-state index contributed by atoms with van der Waals surface area (Å²) in [5, 5.41) is 9.24. The molecule has 0 aromatic carbocycles. The van der Waals surface area contributed by atoms with Gasteiger partial charge in [-0.1, -0.05) is 11.3 Å². The van der Waals surface area contributed by atoms with E-state index in [1.165, 1.54) is 16.2 Å². The topological polar surface area (TPSA) is 63.0 Å². The van der Waals surface area contributed by atoms with Crippen LogP contribution in [-0.4, -0.2) is 68.0 Å². The smallest absolute Gasteiger partial charge is 0.338 e. The van der Waals surface area contributed by atoms with Crippen LogP contribution >= 0.6 is 11.3 Å². The van der Waals surface area contributed by atoms with Crippen LogP contribution in [0.3, 0.4) is 0 Å². The largest absolute Gasteiger partial charge is 0.401 e. The molecule has 27 heavy (non-hydrogen) atoms. The second-order valence-corrected chi connectivity index (χ2v) is 7.59. The van der Waals surface area contributed by atoms with Gasteiger partial charge in [0.15, 0.2) is 10.8 Å². The number of anilines is 1. The number of pyridine rings is 1. The number of fused-ring (bicyclic) bond motifs is 1. The Morgan fingerprint density at radius 1 is 1.26 bits per heavy atom. The molecule has 3 aromatic heterocycles. The molecule has 1 aliphatic rings. The molecule has 144 valence electrons. The minimum atomic E-state index is -4.19. The summed E-state index contributed by atoms with van der Waals surface area (Å²) >= 11 is 1.43. The monoisotopic (exact) mass is 397 g/mol. The molecule has 1 unspecified atom stereocenters. The first-order valence-corrected chi connectivity index (χ1v) is 9.30. The molecule has 0 radical (unpaired) electrons. The molecule has 1 saturated heterocycles. The molecule has 0 bridgehead atoms. The van der Waals surface area contributed by atoms with Crippen LogP contribution in [0.15, 0.2) is 18.3 Å². The van der Waals surface area contributed by atoms with E-state index in [1.807, 2.05) is 28.6 Å². The fraction of sp³-hybridized carbons (Fsp3) is 0.500. The third-order valence-electron chi connectivity index (χ3n) is 4.64. The van der Waals surface area contributed by atoms with Crippen molar-refractivity contribution in [2.45, 2.75) is 19.1 Å². The van der Waals surface area contributed by atoms with Crippen molar-refractivity contribution in [3.05, 3.63) is 18.3 Å². The standard InChI is InChI=1S/C16H18F3N7S/c1-10-8-25(6-7-26(10)9-16(17,18)19)15-23-22-12(24(15)2)14-21-11-4-3-5-20-13(11)27-14/h3-5,10H,6-9H2,1-2H3. The molecule has 1 atom stereocenters. The van der Waals surface area contributed by atoms with Crippen molar-refractivity contribution in [2.75, 3.05) is 31.1 Å². The van der Waals surface area contributed by atoms with Gasteiger partial charge in [0.1, 0.15) is 10.3 Å². The Balaban J connectivity index is 1.54. The third-order valence-corrected chi connectivity index (χ3v) is 5.61. The zero-order valence-electron chi connectivity index (χ0n) is 14.8. The molecule has 0 spiro atoms. The summed E-state index contributed by atoms with van der Waals surface area (Å²) in [6.45, 7) is 2.17. The van der Waals surface area contributed by atoms with Gasteiger partial charge in [-0.2, -0.15) is 13.2 Å². The molecule has 4 rings (SSSR count). The molecule has 1 fully saturated rings. The van der Waals surface area contributed by atoms with Crippen LogP contribution in [0.25, 0.3) is 21.2 Å². The highest BCUT2D eigenvalue weighted by atomic mass is 32.1. The minimum Gasteiger partial charge on any atom is -0.338 e. The van der Waals surface area contributed by atoms with Gasteiger partial charge in [0, 0.05) is 38.9 Å². The van der Waals surface area contributed by atoms with Crippen LogP contribution in [0.2, 0.25) is 0 Å². The van der Waals surface area contributed by atoms with Crippen LogP contribution in [0.1, 0.15) is 6.92 Å². The number of alkyl halides is 3. The van der Waals surface area contributed by atoms with Crippen molar-refractivity contribution >= 4 is 27.6 Å². The number of thiazole rings is 1. The summed E-state index contributed by atoms with van der Waals surface area (Å²) in [6.07, 6.45) is -2.47. The average Bonchev–Trinajstić information content (AvgIpc) is 3.18. The van der Waals surface area contributed by atoms with Crippen LogP contribution in [0.4, 0.5) is 19.1 Å². The number of rotatable bonds is 3. The van der Waals surface area contributed by atoms with Gasteiger partial charge in [-0.15, -0.1) is 10.2 Å². The zero-order chi connectivity index (χ0) is 19.2. The van der Waals surface area contributed by atoms with E-state index in [1.54, 1.807) is 13.1 Å². The highest BCUT2D eigenvalue weighted by Gasteiger charge is 2.36. The van der Waals surface area contributed by atoms with E-state index in [0.717, 1.165) is 10.3 Å². The quantitative estimate of drug-likeness (QED) is 0.677. The summed E-state index contributed by atoms with van der Waals surface area (Å²) in [5.74, 6) is 1.26. The van der Waals surface area contributed by atoms with Crippen molar-refractivity contribution < 1.29 is 13.2 Å². The van der Waals surface area contributed by atoms with E-state index >= 15 is 0 Å². The number of aromatic nitrogens is 5. The SMILES string of the molecule is CC1CN(c2nnc(-c3nc4cccnc4s3)n2C)CCN1CC(F)(F)F. The van der Waals surface area contributed by atoms with Crippen LogP contribution in [-0.2, 0) is 7.05 Å². The van der Waals surface area contributed by atoms with Gasteiger partial charge in [0.2, 0.25) is 5.95 Å². The Bertz CT molecular complexity index is 918. The Morgan fingerprint density at radius 2 is 2.07 bits per heavy atom. The summed E-state index contributed by atoms with van der Waals surface area (Å²) in [4.78, 5) is 13.1. The summed E-state index contributed by atoms with van der Waals surface area (Å²) in [6, 6.07) is 3.49. The molecular formula is C16H18F3N7S. The highest BCUT2D eigenvalue weighted by Crippen LogP contribution is 2.29. The number of nitrogens with zero attached hydrogens (tertiary/aromatic N) is 7. The maximum atomic E-state index is 12.7. The highest BCUT2D eigenvalue weighted by molar-refractivity contribution is 7.21. The number of hydrogen-bond acceptors (Lipinski definition) is 7. The second kappa shape index (κ2) is 6.71. The Kier molecular flexibility index (Phi) is 4.50. The normalized spacial score (nSPS) is 19.1. The van der Waals surface area contributed by atoms with Gasteiger partial charge in [0.25, 0.3) is 0 Å². The van der Waals surface area contributed by atoms with Gasteiger partial charge < -0.3 is 4.90 Å². The molecule has 7 nitrogen and oxygen atoms in total. The van der Waals surface area contributed by atoms with Gasteiger partial charge in [-0.25, -0.2) is 9.97 Å². The van der Waals surface area contributed by atoms with E-state index in [0.29, 0.717) is 36.4 Å². The summed E-state index contributed by atoms with van der Waals surface area (Å²) in [7, 11) is 1.84. The molecule has 4 heterocycles. The average molecular weight is 397 g/mol. The fourth-order valence-electron chi connectivity index (χ4n) is 3.29. The lowest BCUT2D eigenvalue weighted by Crippen LogP contribution is -2.54. The molecule has 3 aromatic rings. The lowest BCUT2D eigenvalue weighted by molar-refractivity contribution is -0.150. The van der Waals surface area contributed by atoms with Crippen LogP contribution in [0.5, 0.6) is 0 Å². The molecule has 1 aliphatic heterocycles. The third kappa shape index (κ3) is 3.61. The van der Waals surface area contributed by atoms with Crippen molar-refractivity contribution in [3.8, 4) is 10.8 Å². The number of halogens is 3. The van der Waals surface area contributed by atoms with Crippen molar-refractivity contribution in [1.29, 1.82) is 0 Å². The van der Waals surface area contributed by atoms with Gasteiger partial charge in [0.05, 0.1) is 6.54 Å². The first-order chi connectivity index (χ1) is 12.8. The van der Waals surface area contributed by atoms with Crippen LogP contribution in [0, 0.1) is 0 Å². The molecular weight excluding hydrogens is 379 g/mol. The van der Waals surface area contributed by atoms with Crippen molar-refractivity contribution in [1.82, 2.24) is 29.6 Å². The first kappa shape index (κ1) is 18.1. The Labute approximate surface area is 157 Å². The van der Waals surface area contributed by atoms with E-state index in [-0.39, 0.29) is 6.04 Å². The van der Waals surface area contributed by atoms with Crippen molar-refractivity contribution in [3.63, 3.8) is 0 Å². The Hall–Kier alpha value is -2.27. The maximum Gasteiger partial charge on any atom is 0.401 e. The lowest BCUT2D eigenvalue weighted by atomic mass is 10.2. The predicted molar refractivity (Wildman–Crippen MR) is 96.7 cm³/mol. The molecule has 0 aliphatic carbocycles. The Morgan fingerprint density at radius 3 is 2.78 bits per heavy atom. The molecule has 0 N–H and O–H groups in total. The predicted octanol–water partition coefficient (Wildman–Crippen LogP) is 2.56. The number of hydrogen-bond donors (Lipinski definition) is 0. The minimum absolute atomic E-state index is 0.229. The van der Waals surface area contributed by atoms with E-state index in [4.69, 9.17) is 0 Å². The number of piperazine rings is 1. The lowest BCUT2D eigenvalue weighted by Gasteiger charge is -2.40. The van der Waals surface area contributed by atoms with Crippen molar-refractivity contribution in [2.24, 2.45) is 7.05 Å². The summed E-state index contributed by atoms with van der Waals surface area (Å²) < 4.78 is 39.9.